The molecule has 0 saturated heterocycles. The Morgan fingerprint density at radius 1 is 1.38 bits per heavy atom. The van der Waals surface area contributed by atoms with E-state index in [0.717, 1.165) is 10.0 Å². The lowest BCUT2D eigenvalue weighted by atomic mass is 10.1. The van der Waals surface area contributed by atoms with Crippen molar-refractivity contribution in [2.24, 2.45) is 0 Å². The quantitative estimate of drug-likeness (QED) is 0.734. The zero-order valence-electron chi connectivity index (χ0n) is 8.46. The van der Waals surface area contributed by atoms with E-state index in [9.17, 15) is 4.79 Å². The minimum Gasteiger partial charge on any atom is -0.288 e. The first kappa shape index (κ1) is 11.8. The molecule has 2 aromatic rings. The van der Waals surface area contributed by atoms with Crippen LogP contribution in [0.25, 0.3) is 0 Å². The highest BCUT2D eigenvalue weighted by atomic mass is 79.9. The zero-order chi connectivity index (χ0) is 11.7. The molecule has 16 heavy (non-hydrogen) atoms. The summed E-state index contributed by atoms with van der Waals surface area (Å²) in [6, 6.07) is 9.30. The van der Waals surface area contributed by atoms with Crippen molar-refractivity contribution in [1.82, 2.24) is 0 Å². The Morgan fingerprint density at radius 3 is 2.69 bits per heavy atom. The molecule has 82 valence electrons. The second-order valence-electron chi connectivity index (χ2n) is 3.43. The van der Waals surface area contributed by atoms with Crippen molar-refractivity contribution in [3.05, 3.63) is 55.1 Å². The van der Waals surface area contributed by atoms with Crippen LogP contribution in [-0.2, 0) is 0 Å². The van der Waals surface area contributed by atoms with Gasteiger partial charge in [-0.3, -0.25) is 4.79 Å². The van der Waals surface area contributed by atoms with Crippen molar-refractivity contribution >= 4 is 44.7 Å². The van der Waals surface area contributed by atoms with Crippen molar-refractivity contribution in [2.45, 2.75) is 6.92 Å². The summed E-state index contributed by atoms with van der Waals surface area (Å²) < 4.78 is 1.38. The summed E-state index contributed by atoms with van der Waals surface area (Å²) in [5.74, 6) is 0.0151. The lowest BCUT2D eigenvalue weighted by Crippen LogP contribution is -1.98. The highest BCUT2D eigenvalue weighted by Crippen LogP contribution is 2.33. The van der Waals surface area contributed by atoms with E-state index in [2.05, 4.69) is 15.9 Å². The van der Waals surface area contributed by atoms with Crippen molar-refractivity contribution in [3.63, 3.8) is 0 Å². The van der Waals surface area contributed by atoms with Crippen LogP contribution < -0.4 is 0 Å². The van der Waals surface area contributed by atoms with E-state index in [0.29, 0.717) is 14.8 Å². The van der Waals surface area contributed by atoms with Gasteiger partial charge in [0.15, 0.2) is 0 Å². The van der Waals surface area contributed by atoms with Crippen LogP contribution in [0.5, 0.6) is 0 Å². The van der Waals surface area contributed by atoms with Crippen molar-refractivity contribution in [1.29, 1.82) is 0 Å². The van der Waals surface area contributed by atoms with E-state index in [-0.39, 0.29) is 5.78 Å². The molecule has 0 amide bonds. The monoisotopic (exact) mass is 314 g/mol. The van der Waals surface area contributed by atoms with Gasteiger partial charge in [-0.2, -0.15) is 0 Å². The summed E-state index contributed by atoms with van der Waals surface area (Å²) in [5.41, 5.74) is 1.78. The van der Waals surface area contributed by atoms with Crippen LogP contribution in [0, 0.1) is 6.92 Å². The number of hydrogen-bond acceptors (Lipinski definition) is 2. The largest absolute Gasteiger partial charge is 0.288 e. The molecule has 0 bridgehead atoms. The molecule has 4 heteroatoms. The second kappa shape index (κ2) is 4.70. The summed E-state index contributed by atoms with van der Waals surface area (Å²) in [6.07, 6.45) is 0. The molecular weight excluding hydrogens is 308 g/mol. The standard InChI is InChI=1S/C12H8BrClOS/c1-7-3-2-4-8(5-7)11(15)10-6-9(13)12(14)16-10/h2-6H,1H3. The Balaban J connectivity index is 2.39. The highest BCUT2D eigenvalue weighted by Gasteiger charge is 2.14. The molecule has 0 radical (unpaired) electrons. The Labute approximate surface area is 111 Å². The van der Waals surface area contributed by atoms with Gasteiger partial charge in [-0.25, -0.2) is 0 Å². The first-order chi connectivity index (χ1) is 7.58. The second-order valence-corrected chi connectivity index (χ2v) is 5.94. The van der Waals surface area contributed by atoms with Crippen LogP contribution in [-0.4, -0.2) is 5.78 Å². The molecule has 0 saturated carbocycles. The van der Waals surface area contributed by atoms with Crippen LogP contribution >= 0.6 is 38.9 Å². The number of halogens is 2. The Hall–Kier alpha value is -0.640. The van der Waals surface area contributed by atoms with Gasteiger partial charge in [0.05, 0.1) is 4.88 Å². The Morgan fingerprint density at radius 2 is 2.12 bits per heavy atom. The van der Waals surface area contributed by atoms with Crippen LogP contribution in [0.1, 0.15) is 20.8 Å². The third kappa shape index (κ3) is 2.37. The zero-order valence-corrected chi connectivity index (χ0v) is 11.6. The maximum absolute atomic E-state index is 12.1. The average molecular weight is 316 g/mol. The Kier molecular flexibility index (Phi) is 3.47. The molecule has 0 atom stereocenters. The molecule has 0 aliphatic heterocycles. The van der Waals surface area contributed by atoms with Gasteiger partial charge in [0.2, 0.25) is 5.78 Å². The fourth-order valence-electron chi connectivity index (χ4n) is 1.39. The third-order valence-corrected chi connectivity index (χ3v) is 4.62. The number of ketones is 1. The number of hydrogen-bond donors (Lipinski definition) is 0. The molecule has 0 N–H and O–H groups in total. The minimum atomic E-state index is 0.0151. The van der Waals surface area contributed by atoms with E-state index >= 15 is 0 Å². The number of rotatable bonds is 2. The molecule has 1 aromatic heterocycles. The molecular formula is C12H8BrClOS. The predicted molar refractivity (Wildman–Crippen MR) is 71.6 cm³/mol. The molecule has 1 nitrogen and oxygen atoms in total. The molecule has 1 aromatic carbocycles. The Bertz CT molecular complexity index is 528. The topological polar surface area (TPSA) is 17.1 Å². The van der Waals surface area contributed by atoms with Gasteiger partial charge in [0.1, 0.15) is 4.34 Å². The van der Waals surface area contributed by atoms with Crippen molar-refractivity contribution < 1.29 is 4.79 Å². The fourth-order valence-corrected chi connectivity index (χ4v) is 3.05. The molecule has 0 spiro atoms. The van der Waals surface area contributed by atoms with E-state index < -0.39 is 0 Å². The van der Waals surface area contributed by atoms with Gasteiger partial charge >= 0.3 is 0 Å². The minimum absolute atomic E-state index is 0.0151. The molecule has 2 rings (SSSR count). The summed E-state index contributed by atoms with van der Waals surface area (Å²) in [6.45, 7) is 1.97. The predicted octanol–water partition coefficient (Wildman–Crippen LogP) is 4.70. The van der Waals surface area contributed by atoms with Crippen molar-refractivity contribution in [3.8, 4) is 0 Å². The summed E-state index contributed by atoms with van der Waals surface area (Å²) in [7, 11) is 0. The SMILES string of the molecule is Cc1cccc(C(=O)c2cc(Br)c(Cl)s2)c1. The fraction of sp³-hybridized carbons (Fsp3) is 0.0833. The summed E-state index contributed by atoms with van der Waals surface area (Å²) in [4.78, 5) is 12.8. The molecule has 1 heterocycles. The lowest BCUT2D eigenvalue weighted by Gasteiger charge is -1.98. The van der Waals surface area contributed by atoms with Crippen molar-refractivity contribution in [2.75, 3.05) is 0 Å². The number of carbonyl (C=O) groups excluding carboxylic acids is 1. The van der Waals surface area contributed by atoms with E-state index in [1.807, 2.05) is 31.2 Å². The van der Waals surface area contributed by atoms with Gasteiger partial charge in [0.25, 0.3) is 0 Å². The smallest absolute Gasteiger partial charge is 0.203 e. The number of thiophene rings is 1. The van der Waals surface area contributed by atoms with Gasteiger partial charge in [-0.15, -0.1) is 11.3 Å². The third-order valence-electron chi connectivity index (χ3n) is 2.15. The summed E-state index contributed by atoms with van der Waals surface area (Å²) in [5, 5.41) is 0. The van der Waals surface area contributed by atoms with Gasteiger partial charge in [-0.1, -0.05) is 35.4 Å². The normalized spacial score (nSPS) is 10.4. The van der Waals surface area contributed by atoms with Gasteiger partial charge < -0.3 is 0 Å². The molecule has 0 aliphatic rings. The lowest BCUT2D eigenvalue weighted by molar-refractivity contribution is 0.104. The molecule has 0 aliphatic carbocycles. The van der Waals surface area contributed by atoms with E-state index in [1.54, 1.807) is 6.07 Å². The highest BCUT2D eigenvalue weighted by molar-refractivity contribution is 9.10. The maximum Gasteiger partial charge on any atom is 0.203 e. The molecule has 0 unspecified atom stereocenters. The van der Waals surface area contributed by atoms with Crippen LogP contribution in [0.2, 0.25) is 4.34 Å². The number of aryl methyl sites for hydroxylation is 1. The molecule has 0 fully saturated rings. The van der Waals surface area contributed by atoms with Crippen LogP contribution in [0.15, 0.2) is 34.8 Å². The maximum atomic E-state index is 12.1. The van der Waals surface area contributed by atoms with Crippen LogP contribution in [0.4, 0.5) is 0 Å². The number of carbonyl (C=O) groups is 1. The first-order valence-electron chi connectivity index (χ1n) is 4.64. The summed E-state index contributed by atoms with van der Waals surface area (Å²) >= 11 is 10.5. The van der Waals surface area contributed by atoms with E-state index in [1.165, 1.54) is 11.3 Å². The number of benzene rings is 1. The van der Waals surface area contributed by atoms with E-state index in [4.69, 9.17) is 11.6 Å². The van der Waals surface area contributed by atoms with Gasteiger partial charge in [0, 0.05) is 10.0 Å². The average Bonchev–Trinajstić information content (AvgIpc) is 2.58. The first-order valence-corrected chi connectivity index (χ1v) is 6.63. The van der Waals surface area contributed by atoms with Crippen LogP contribution in [0.3, 0.4) is 0 Å². The van der Waals surface area contributed by atoms with Gasteiger partial charge in [-0.05, 0) is 35.0 Å².